The third kappa shape index (κ3) is 7.28. The van der Waals surface area contributed by atoms with E-state index in [0.29, 0.717) is 29.0 Å². The predicted octanol–water partition coefficient (Wildman–Crippen LogP) is 10.6. The Kier molecular flexibility index (Phi) is 9.83. The first-order valence-corrected chi connectivity index (χ1v) is 18.3. The fraction of sp³-hybridized carbons (Fsp3) is 0.214. The van der Waals surface area contributed by atoms with Gasteiger partial charge in [-0.1, -0.05) is 57.2 Å². The molecule has 0 atom stereocenters. The first-order chi connectivity index (χ1) is 24.2. The lowest BCUT2D eigenvalue weighted by Crippen LogP contribution is -2.49. The van der Waals surface area contributed by atoms with Crippen molar-refractivity contribution in [1.82, 2.24) is 0 Å². The summed E-state index contributed by atoms with van der Waals surface area (Å²) in [4.78, 5) is 14.4. The summed E-state index contributed by atoms with van der Waals surface area (Å²) in [6.45, 7) is 10.5. The van der Waals surface area contributed by atoms with E-state index in [-0.39, 0.29) is 49.3 Å². The lowest BCUT2D eigenvalue weighted by atomic mass is 9.85. The van der Waals surface area contributed by atoms with Gasteiger partial charge in [-0.2, -0.15) is 10.5 Å². The van der Waals surface area contributed by atoms with Gasteiger partial charge in [-0.3, -0.25) is 4.79 Å². The van der Waals surface area contributed by atoms with Crippen LogP contribution in [-0.2, 0) is 16.0 Å². The Balaban J connectivity index is 1.63. The molecule has 0 spiro atoms. The maximum absolute atomic E-state index is 14.8. The maximum Gasteiger partial charge on any atom is 0.193 e. The van der Waals surface area contributed by atoms with Gasteiger partial charge >= 0.3 is 0 Å². The van der Waals surface area contributed by atoms with Gasteiger partial charge in [0.2, 0.25) is 0 Å². The average Bonchev–Trinajstić information content (AvgIpc) is 3.07. The lowest BCUT2D eigenvalue weighted by molar-refractivity contribution is 0.103. The van der Waals surface area contributed by atoms with E-state index in [1.807, 2.05) is 32.9 Å². The molecule has 0 unspecified atom stereocenters. The summed E-state index contributed by atoms with van der Waals surface area (Å²) < 4.78 is 69.0. The number of hydrogen-bond acceptors (Lipinski definition) is 5. The number of carbonyl (C=O) groups excluding carboxylic acids is 1. The van der Waals surface area contributed by atoms with Crippen molar-refractivity contribution in [2.24, 2.45) is 5.41 Å². The van der Waals surface area contributed by atoms with Gasteiger partial charge in [-0.25, -0.2) is 13.0 Å². The molecule has 2 N–H and O–H groups in total. The molecule has 0 saturated heterocycles. The van der Waals surface area contributed by atoms with Gasteiger partial charge in [0, 0.05) is 22.3 Å². The SMILES string of the molecule is CC(C)(C)Cc1cc(C(=O)c2cc(-c3cccc(F)c3C#N)ccc2-c2cccc(F)c2C#N)ccc1Oc1ccc(S(=O)(O)(O)C(C)(C)C)cc1. The molecule has 0 aliphatic heterocycles. The van der Waals surface area contributed by atoms with Crippen molar-refractivity contribution in [1.29, 1.82) is 10.5 Å². The number of carbonyl (C=O) groups is 1. The van der Waals surface area contributed by atoms with E-state index in [1.54, 1.807) is 42.5 Å². The van der Waals surface area contributed by atoms with Crippen LogP contribution in [0.5, 0.6) is 11.5 Å². The standard InChI is InChI=1S/C42H38F2N2O5S/c1-41(2,3)23-28-21-27(14-20-39(28)51-29-15-17-30(18-16-29)52(48,49,50)42(4,5)6)40(47)34-22-26(31-9-7-11-37(43)35(31)24-45)13-19-33(34)32-10-8-12-38(44)36(32)25-46/h7-22H,23H2,1-6H3,(H2,48,49,50). The Morgan fingerprint density at radius 3 is 1.88 bits per heavy atom. The van der Waals surface area contributed by atoms with Crippen molar-refractivity contribution < 1.29 is 31.6 Å². The second kappa shape index (κ2) is 13.6. The summed E-state index contributed by atoms with van der Waals surface area (Å²) in [5, 5.41) is 19.5. The number of ketones is 1. The smallest absolute Gasteiger partial charge is 0.193 e. The summed E-state index contributed by atoms with van der Waals surface area (Å²) in [6, 6.07) is 27.3. The highest BCUT2D eigenvalue weighted by atomic mass is 32.3. The molecule has 10 heteroatoms. The van der Waals surface area contributed by atoms with Gasteiger partial charge < -0.3 is 13.8 Å². The molecule has 0 heterocycles. The van der Waals surface area contributed by atoms with E-state index in [1.165, 1.54) is 69.3 Å². The molecule has 5 aromatic carbocycles. The number of benzene rings is 5. The zero-order valence-corrected chi connectivity index (χ0v) is 30.4. The highest BCUT2D eigenvalue weighted by Crippen LogP contribution is 2.42. The van der Waals surface area contributed by atoms with Crippen LogP contribution in [0.15, 0.2) is 102 Å². The molecule has 5 rings (SSSR count). The molecule has 0 aromatic heterocycles. The topological polar surface area (TPSA) is 131 Å². The van der Waals surface area contributed by atoms with Crippen molar-refractivity contribution in [2.45, 2.75) is 57.6 Å². The summed E-state index contributed by atoms with van der Waals surface area (Å²) in [6.07, 6.45) is 0.471. The van der Waals surface area contributed by atoms with Crippen LogP contribution in [0.3, 0.4) is 0 Å². The number of nitriles is 2. The molecular weight excluding hydrogens is 683 g/mol. The second-order valence-corrected chi connectivity index (χ2v) is 18.2. The molecule has 0 bridgehead atoms. The molecule has 0 aliphatic carbocycles. The van der Waals surface area contributed by atoms with Crippen LogP contribution in [0.4, 0.5) is 8.78 Å². The Morgan fingerprint density at radius 2 is 1.33 bits per heavy atom. The molecule has 0 aliphatic rings. The Hall–Kier alpha value is -5.52. The number of halogens is 2. The van der Waals surface area contributed by atoms with Crippen LogP contribution < -0.4 is 4.74 Å². The van der Waals surface area contributed by atoms with Gasteiger partial charge in [-0.15, -0.1) is 0 Å². The normalized spacial score (nSPS) is 12.7. The van der Waals surface area contributed by atoms with E-state index < -0.39 is 31.8 Å². The van der Waals surface area contributed by atoms with E-state index in [9.17, 15) is 37.4 Å². The quantitative estimate of drug-likeness (QED) is 0.153. The third-order valence-corrected chi connectivity index (χ3v) is 12.1. The van der Waals surface area contributed by atoms with Crippen molar-refractivity contribution in [3.63, 3.8) is 0 Å². The molecule has 0 radical (unpaired) electrons. The monoisotopic (exact) mass is 720 g/mol. The van der Waals surface area contributed by atoms with Crippen molar-refractivity contribution in [3.8, 4) is 45.9 Å². The Morgan fingerprint density at radius 1 is 0.750 bits per heavy atom. The van der Waals surface area contributed by atoms with Crippen LogP contribution >= 0.6 is 0 Å². The minimum atomic E-state index is -5.18. The van der Waals surface area contributed by atoms with Crippen LogP contribution in [-0.4, -0.2) is 23.8 Å². The molecule has 5 aromatic rings. The number of hydrogen-bond donors (Lipinski definition) is 2. The third-order valence-electron chi connectivity index (χ3n) is 8.74. The van der Waals surface area contributed by atoms with Gasteiger partial charge in [-0.05, 0) is 110 Å². The zero-order valence-electron chi connectivity index (χ0n) is 29.6. The van der Waals surface area contributed by atoms with Crippen molar-refractivity contribution >= 4 is 15.4 Å². The Labute approximate surface area is 302 Å². The van der Waals surface area contributed by atoms with Gasteiger partial charge in [0.1, 0.15) is 44.9 Å². The van der Waals surface area contributed by atoms with Crippen molar-refractivity contribution in [3.05, 3.63) is 137 Å². The van der Waals surface area contributed by atoms with Crippen molar-refractivity contribution in [2.75, 3.05) is 0 Å². The highest BCUT2D eigenvalue weighted by Gasteiger charge is 2.45. The summed E-state index contributed by atoms with van der Waals surface area (Å²) in [7, 11) is -5.18. The number of ether oxygens (including phenoxy) is 1. The lowest BCUT2D eigenvalue weighted by Gasteiger charge is -2.42. The van der Waals surface area contributed by atoms with E-state index in [4.69, 9.17) is 4.74 Å². The molecular formula is C42H38F2N2O5S. The molecule has 266 valence electrons. The van der Waals surface area contributed by atoms with Gasteiger partial charge in [0.15, 0.2) is 5.78 Å². The van der Waals surface area contributed by atoms with E-state index in [0.717, 1.165) is 6.07 Å². The molecule has 0 saturated carbocycles. The summed E-state index contributed by atoms with van der Waals surface area (Å²) in [5.41, 5.74) is 1.42. The highest BCUT2D eigenvalue weighted by molar-refractivity contribution is 8.11. The van der Waals surface area contributed by atoms with E-state index >= 15 is 0 Å². The first kappa shape index (κ1) is 37.7. The summed E-state index contributed by atoms with van der Waals surface area (Å²) in [5.74, 6) is -1.20. The minimum absolute atomic E-state index is 0.101. The maximum atomic E-state index is 14.8. The molecule has 0 amide bonds. The predicted molar refractivity (Wildman–Crippen MR) is 198 cm³/mol. The van der Waals surface area contributed by atoms with Crippen LogP contribution in [0.2, 0.25) is 0 Å². The largest absolute Gasteiger partial charge is 0.457 e. The first-order valence-electron chi connectivity index (χ1n) is 16.4. The molecule has 0 fully saturated rings. The second-order valence-electron chi connectivity index (χ2n) is 14.7. The fourth-order valence-electron chi connectivity index (χ4n) is 5.79. The van der Waals surface area contributed by atoms with Crippen LogP contribution in [0, 0.1) is 39.7 Å². The molecule has 7 nitrogen and oxygen atoms in total. The minimum Gasteiger partial charge on any atom is -0.457 e. The summed E-state index contributed by atoms with van der Waals surface area (Å²) >= 11 is 0. The number of nitrogens with zero attached hydrogens (tertiary/aromatic N) is 2. The fourth-order valence-corrected chi connectivity index (χ4v) is 7.13. The Bertz CT molecular complexity index is 2370. The molecule has 52 heavy (non-hydrogen) atoms. The zero-order chi connectivity index (χ0) is 38.2. The van der Waals surface area contributed by atoms with Gasteiger partial charge in [0.05, 0.1) is 20.8 Å². The average molecular weight is 721 g/mol. The van der Waals surface area contributed by atoms with Crippen LogP contribution in [0.25, 0.3) is 22.3 Å². The van der Waals surface area contributed by atoms with Crippen LogP contribution in [0.1, 0.15) is 74.2 Å². The van der Waals surface area contributed by atoms with E-state index in [2.05, 4.69) is 0 Å². The van der Waals surface area contributed by atoms with Gasteiger partial charge in [0.25, 0.3) is 0 Å². The number of rotatable bonds is 8.